The molecule has 0 saturated carbocycles. The van der Waals surface area contributed by atoms with Gasteiger partial charge in [0.15, 0.2) is 6.61 Å². The predicted octanol–water partition coefficient (Wildman–Crippen LogP) is 3.17. The molecule has 30 heavy (non-hydrogen) atoms. The van der Waals surface area contributed by atoms with Gasteiger partial charge in [0.25, 0.3) is 5.91 Å². The Morgan fingerprint density at radius 2 is 1.83 bits per heavy atom. The molecule has 1 spiro atoms. The van der Waals surface area contributed by atoms with E-state index in [1.165, 1.54) is 6.42 Å². The number of nitrogens with zero attached hydrogens (tertiary/aromatic N) is 2. The number of carbonyl (C=O) groups excluding carboxylic acids is 2. The van der Waals surface area contributed by atoms with Crippen LogP contribution in [0.25, 0.3) is 0 Å². The fourth-order valence-corrected chi connectivity index (χ4v) is 5.38. The molecule has 0 radical (unpaired) electrons. The highest BCUT2D eigenvalue weighted by molar-refractivity contribution is 5.89. The highest BCUT2D eigenvalue weighted by Crippen LogP contribution is 2.45. The fourth-order valence-electron chi connectivity index (χ4n) is 5.38. The maximum atomic E-state index is 13.7. The lowest BCUT2D eigenvalue weighted by atomic mass is 9.67. The first-order valence-electron chi connectivity index (χ1n) is 11.4. The number of piperidine rings is 2. The minimum Gasteiger partial charge on any atom is -0.484 e. The van der Waals surface area contributed by atoms with E-state index in [-0.39, 0.29) is 29.9 Å². The van der Waals surface area contributed by atoms with E-state index < -0.39 is 0 Å². The molecule has 6 nitrogen and oxygen atoms in total. The number of ether oxygens (including phenoxy) is 2. The number of rotatable bonds is 4. The monoisotopic (exact) mass is 414 g/mol. The molecule has 0 bridgehead atoms. The van der Waals surface area contributed by atoms with Crippen molar-refractivity contribution in [1.29, 1.82) is 0 Å². The smallest absolute Gasteiger partial charge is 0.261 e. The number of hydrogen-bond donors (Lipinski definition) is 0. The molecule has 164 valence electrons. The van der Waals surface area contributed by atoms with E-state index in [1.54, 1.807) is 0 Å². The van der Waals surface area contributed by atoms with E-state index in [4.69, 9.17) is 9.47 Å². The summed E-state index contributed by atoms with van der Waals surface area (Å²) < 4.78 is 11.4. The Balaban J connectivity index is 1.53. The fraction of sp³-hybridized carbons (Fsp3) is 0.667. The van der Waals surface area contributed by atoms with Crippen LogP contribution in [0.4, 0.5) is 0 Å². The quantitative estimate of drug-likeness (QED) is 0.759. The van der Waals surface area contributed by atoms with Gasteiger partial charge in [0.05, 0.1) is 0 Å². The van der Waals surface area contributed by atoms with Crippen molar-refractivity contribution >= 4 is 11.8 Å². The number of carbonyl (C=O) groups is 2. The molecule has 1 aromatic carbocycles. The largest absolute Gasteiger partial charge is 0.484 e. The third-order valence-electron chi connectivity index (χ3n) is 7.03. The van der Waals surface area contributed by atoms with Gasteiger partial charge in [0.1, 0.15) is 11.8 Å². The lowest BCUT2D eigenvalue weighted by molar-refractivity contribution is -0.162. The van der Waals surface area contributed by atoms with Crippen molar-refractivity contribution in [3.63, 3.8) is 0 Å². The molecule has 3 heterocycles. The maximum absolute atomic E-state index is 13.7. The van der Waals surface area contributed by atoms with Crippen LogP contribution in [0.2, 0.25) is 0 Å². The Hall–Kier alpha value is -2.08. The molecule has 1 aromatic rings. The first-order valence-corrected chi connectivity index (χ1v) is 11.4. The van der Waals surface area contributed by atoms with Gasteiger partial charge in [0.2, 0.25) is 5.91 Å². The summed E-state index contributed by atoms with van der Waals surface area (Å²) in [5.74, 6) is 0.748. The number of amides is 2. The van der Waals surface area contributed by atoms with Gasteiger partial charge < -0.3 is 19.3 Å². The predicted molar refractivity (Wildman–Crippen MR) is 114 cm³/mol. The van der Waals surface area contributed by atoms with E-state index >= 15 is 0 Å². The van der Waals surface area contributed by atoms with E-state index in [0.29, 0.717) is 25.5 Å². The summed E-state index contributed by atoms with van der Waals surface area (Å²) in [7, 11) is 0. The Morgan fingerprint density at radius 3 is 2.57 bits per heavy atom. The number of benzene rings is 1. The van der Waals surface area contributed by atoms with Crippen molar-refractivity contribution in [1.82, 2.24) is 9.80 Å². The van der Waals surface area contributed by atoms with Crippen LogP contribution >= 0.6 is 0 Å². The molecule has 0 aliphatic carbocycles. The van der Waals surface area contributed by atoms with Gasteiger partial charge in [-0.15, -0.1) is 0 Å². The van der Waals surface area contributed by atoms with Gasteiger partial charge in [-0.2, -0.15) is 0 Å². The molecule has 4 rings (SSSR count). The molecule has 6 heteroatoms. The van der Waals surface area contributed by atoms with E-state index in [1.807, 2.05) is 41.0 Å². The molecule has 0 N–H and O–H groups in total. The maximum Gasteiger partial charge on any atom is 0.261 e. The lowest BCUT2D eigenvalue weighted by Gasteiger charge is -2.52. The summed E-state index contributed by atoms with van der Waals surface area (Å²) >= 11 is 0. The summed E-state index contributed by atoms with van der Waals surface area (Å²) in [5.41, 5.74) is 0.932. The number of aryl methyl sites for hydroxylation is 1. The molecule has 3 aliphatic heterocycles. The van der Waals surface area contributed by atoms with Crippen LogP contribution in [0.15, 0.2) is 24.3 Å². The molecular weight excluding hydrogens is 380 g/mol. The first kappa shape index (κ1) is 21.2. The van der Waals surface area contributed by atoms with Crippen molar-refractivity contribution in [3.05, 3.63) is 29.8 Å². The average Bonchev–Trinajstić information content (AvgIpc) is 2.78. The molecule has 1 atom stereocenters. The summed E-state index contributed by atoms with van der Waals surface area (Å²) in [5, 5.41) is 0. The second-order valence-electron chi connectivity index (χ2n) is 9.06. The summed E-state index contributed by atoms with van der Waals surface area (Å²) in [4.78, 5) is 30.8. The van der Waals surface area contributed by atoms with Gasteiger partial charge >= 0.3 is 0 Å². The number of hydrogen-bond acceptors (Lipinski definition) is 4. The Kier molecular flexibility index (Phi) is 6.61. The van der Waals surface area contributed by atoms with Crippen LogP contribution < -0.4 is 4.74 Å². The van der Waals surface area contributed by atoms with Gasteiger partial charge in [-0.05, 0) is 69.6 Å². The number of likely N-dealkylation sites (tertiary alicyclic amines) is 2. The SMILES string of the molecule is Cc1cccc(OCC(=O)N2CCCC3(CCOCC3)C2C(=O)N2CCCCC2)c1. The Bertz CT molecular complexity index is 748. The van der Waals surface area contributed by atoms with Crippen molar-refractivity contribution in [2.45, 2.75) is 57.9 Å². The van der Waals surface area contributed by atoms with Gasteiger partial charge in [0, 0.05) is 38.3 Å². The van der Waals surface area contributed by atoms with Crippen LogP contribution in [0, 0.1) is 12.3 Å². The molecule has 3 saturated heterocycles. The van der Waals surface area contributed by atoms with E-state index in [2.05, 4.69) is 0 Å². The molecule has 2 amide bonds. The van der Waals surface area contributed by atoms with E-state index in [0.717, 1.165) is 57.2 Å². The summed E-state index contributed by atoms with van der Waals surface area (Å²) in [6.07, 6.45) is 6.90. The topological polar surface area (TPSA) is 59.1 Å². The van der Waals surface area contributed by atoms with Gasteiger partial charge in [-0.3, -0.25) is 9.59 Å². The third-order valence-corrected chi connectivity index (χ3v) is 7.03. The normalized spacial score (nSPS) is 24.0. The van der Waals surface area contributed by atoms with Gasteiger partial charge in [-0.1, -0.05) is 12.1 Å². The van der Waals surface area contributed by atoms with E-state index in [9.17, 15) is 9.59 Å². The second-order valence-corrected chi connectivity index (χ2v) is 9.06. The second kappa shape index (κ2) is 9.38. The zero-order valence-corrected chi connectivity index (χ0v) is 18.1. The zero-order valence-electron chi connectivity index (χ0n) is 18.1. The van der Waals surface area contributed by atoms with Crippen molar-refractivity contribution in [3.8, 4) is 5.75 Å². The average molecular weight is 415 g/mol. The van der Waals surface area contributed by atoms with Crippen molar-refractivity contribution in [2.75, 3.05) is 39.5 Å². The van der Waals surface area contributed by atoms with Gasteiger partial charge in [-0.25, -0.2) is 0 Å². The zero-order chi connectivity index (χ0) is 21.0. The lowest BCUT2D eigenvalue weighted by Crippen LogP contribution is -2.63. The summed E-state index contributed by atoms with van der Waals surface area (Å²) in [6.45, 7) is 5.56. The highest BCUT2D eigenvalue weighted by Gasteiger charge is 2.51. The molecule has 3 aliphatic rings. The van der Waals surface area contributed by atoms with Crippen LogP contribution in [0.5, 0.6) is 5.75 Å². The Morgan fingerprint density at radius 1 is 1.07 bits per heavy atom. The van der Waals surface area contributed by atoms with Crippen molar-refractivity contribution in [2.24, 2.45) is 5.41 Å². The van der Waals surface area contributed by atoms with Crippen LogP contribution in [-0.2, 0) is 14.3 Å². The molecule has 1 unspecified atom stereocenters. The Labute approximate surface area is 179 Å². The molecule has 0 aromatic heterocycles. The molecule has 3 fully saturated rings. The highest BCUT2D eigenvalue weighted by atomic mass is 16.5. The molecular formula is C24H34N2O4. The van der Waals surface area contributed by atoms with Crippen LogP contribution in [0.1, 0.15) is 50.5 Å². The summed E-state index contributed by atoms with van der Waals surface area (Å²) in [6, 6.07) is 7.34. The minimum atomic E-state index is -0.387. The minimum absolute atomic E-state index is 0.0280. The van der Waals surface area contributed by atoms with Crippen LogP contribution in [0.3, 0.4) is 0 Å². The standard InChI is InChI=1S/C24H34N2O4/c1-19-7-5-8-20(17-19)30-18-21(27)26-14-6-9-24(10-15-29-16-11-24)22(26)23(28)25-12-3-2-4-13-25/h5,7-8,17,22H,2-4,6,9-16,18H2,1H3. The van der Waals surface area contributed by atoms with Crippen molar-refractivity contribution < 1.29 is 19.1 Å². The third kappa shape index (κ3) is 4.48. The first-order chi connectivity index (χ1) is 14.6. The van der Waals surface area contributed by atoms with Crippen LogP contribution in [-0.4, -0.2) is 67.1 Å².